The Morgan fingerprint density at radius 1 is 1.30 bits per heavy atom. The Bertz CT molecular complexity index is 97.8. The van der Waals surface area contributed by atoms with Gasteiger partial charge in [0.2, 0.25) is 0 Å². The van der Waals surface area contributed by atoms with Gasteiger partial charge in [0.05, 0.1) is 13.2 Å². The van der Waals surface area contributed by atoms with Crippen LogP contribution in [0, 0.1) is 0 Å². The molecule has 0 fully saturated rings. The highest BCUT2D eigenvalue weighted by Crippen LogP contribution is 1.97. The van der Waals surface area contributed by atoms with Gasteiger partial charge in [-0.05, 0) is 6.92 Å². The van der Waals surface area contributed by atoms with Gasteiger partial charge in [-0.2, -0.15) is 0 Å². The second-order valence-corrected chi connectivity index (χ2v) is 2.17. The van der Waals surface area contributed by atoms with E-state index in [4.69, 9.17) is 10.2 Å². The topological polar surface area (TPSA) is 43.7 Å². The standard InChI is InChI=1S/C7H15NO2/c1-7(2)8(3-5-9)4-6-10/h9-10H,1,3-6H2,2H3. The van der Waals surface area contributed by atoms with Gasteiger partial charge >= 0.3 is 0 Å². The van der Waals surface area contributed by atoms with E-state index in [1.54, 1.807) is 0 Å². The molecule has 0 rings (SSSR count). The average Bonchev–Trinajstić information content (AvgIpc) is 1.87. The lowest BCUT2D eigenvalue weighted by Gasteiger charge is -2.22. The number of aliphatic hydroxyl groups is 2. The van der Waals surface area contributed by atoms with Crippen LogP contribution in [0.2, 0.25) is 0 Å². The van der Waals surface area contributed by atoms with E-state index >= 15 is 0 Å². The van der Waals surface area contributed by atoms with Crippen molar-refractivity contribution in [2.45, 2.75) is 6.92 Å². The number of hydrogen-bond acceptors (Lipinski definition) is 3. The van der Waals surface area contributed by atoms with Crippen molar-refractivity contribution in [1.82, 2.24) is 4.90 Å². The van der Waals surface area contributed by atoms with E-state index < -0.39 is 0 Å². The molecule has 0 saturated heterocycles. The molecule has 0 radical (unpaired) electrons. The Morgan fingerprint density at radius 3 is 1.90 bits per heavy atom. The van der Waals surface area contributed by atoms with E-state index in [2.05, 4.69) is 6.58 Å². The van der Waals surface area contributed by atoms with Gasteiger partial charge in [-0.25, -0.2) is 0 Å². The Labute approximate surface area is 61.6 Å². The summed E-state index contributed by atoms with van der Waals surface area (Å²) in [6, 6.07) is 0. The predicted molar refractivity (Wildman–Crippen MR) is 40.6 cm³/mol. The van der Waals surface area contributed by atoms with E-state index in [-0.39, 0.29) is 13.2 Å². The molecular formula is C7H15NO2. The van der Waals surface area contributed by atoms with E-state index in [0.717, 1.165) is 5.70 Å². The van der Waals surface area contributed by atoms with Crippen molar-refractivity contribution in [1.29, 1.82) is 0 Å². The van der Waals surface area contributed by atoms with Crippen LogP contribution in [0.5, 0.6) is 0 Å². The largest absolute Gasteiger partial charge is 0.395 e. The summed E-state index contributed by atoms with van der Waals surface area (Å²) < 4.78 is 0. The van der Waals surface area contributed by atoms with Crippen LogP contribution in [0.3, 0.4) is 0 Å². The summed E-state index contributed by atoms with van der Waals surface area (Å²) in [5.41, 5.74) is 0.878. The SMILES string of the molecule is C=C(C)N(CCO)CCO. The molecule has 3 nitrogen and oxygen atoms in total. The second kappa shape index (κ2) is 5.26. The summed E-state index contributed by atoms with van der Waals surface area (Å²) >= 11 is 0. The zero-order chi connectivity index (χ0) is 7.98. The molecule has 2 N–H and O–H groups in total. The van der Waals surface area contributed by atoms with Crippen LogP contribution < -0.4 is 0 Å². The third-order valence-corrected chi connectivity index (χ3v) is 1.28. The molecule has 0 bridgehead atoms. The molecule has 0 unspecified atom stereocenters. The van der Waals surface area contributed by atoms with Gasteiger partial charge in [0.15, 0.2) is 0 Å². The van der Waals surface area contributed by atoms with Crippen LogP contribution in [-0.4, -0.2) is 41.4 Å². The van der Waals surface area contributed by atoms with Gasteiger partial charge < -0.3 is 15.1 Å². The first kappa shape index (κ1) is 9.46. The lowest BCUT2D eigenvalue weighted by atomic mass is 10.4. The molecule has 0 atom stereocenters. The van der Waals surface area contributed by atoms with Gasteiger partial charge in [-0.1, -0.05) is 6.58 Å². The average molecular weight is 145 g/mol. The lowest BCUT2D eigenvalue weighted by Crippen LogP contribution is -2.27. The van der Waals surface area contributed by atoms with Crippen molar-refractivity contribution < 1.29 is 10.2 Å². The Balaban J connectivity index is 3.61. The highest BCUT2D eigenvalue weighted by atomic mass is 16.3. The quantitative estimate of drug-likeness (QED) is 0.563. The van der Waals surface area contributed by atoms with E-state index in [0.29, 0.717) is 13.1 Å². The van der Waals surface area contributed by atoms with Gasteiger partial charge in [0.25, 0.3) is 0 Å². The minimum absolute atomic E-state index is 0.104. The number of hydrogen-bond donors (Lipinski definition) is 2. The Morgan fingerprint density at radius 2 is 1.70 bits per heavy atom. The maximum atomic E-state index is 8.55. The summed E-state index contributed by atoms with van der Waals surface area (Å²) in [6.45, 7) is 6.86. The monoisotopic (exact) mass is 145 g/mol. The van der Waals surface area contributed by atoms with Crippen molar-refractivity contribution in [3.05, 3.63) is 12.3 Å². The van der Waals surface area contributed by atoms with Crippen molar-refractivity contribution in [2.24, 2.45) is 0 Å². The van der Waals surface area contributed by atoms with Crippen LogP contribution >= 0.6 is 0 Å². The molecule has 3 heteroatoms. The number of rotatable bonds is 5. The van der Waals surface area contributed by atoms with Crippen LogP contribution in [-0.2, 0) is 0 Å². The fraction of sp³-hybridized carbons (Fsp3) is 0.714. The first-order valence-electron chi connectivity index (χ1n) is 3.34. The second-order valence-electron chi connectivity index (χ2n) is 2.17. The molecule has 0 saturated carbocycles. The van der Waals surface area contributed by atoms with Gasteiger partial charge in [0.1, 0.15) is 0 Å². The van der Waals surface area contributed by atoms with E-state index in [1.807, 2.05) is 11.8 Å². The molecule has 60 valence electrons. The third kappa shape index (κ3) is 3.48. The molecular weight excluding hydrogens is 130 g/mol. The lowest BCUT2D eigenvalue weighted by molar-refractivity contribution is 0.189. The van der Waals surface area contributed by atoms with Gasteiger partial charge in [-0.3, -0.25) is 0 Å². The molecule has 0 aromatic heterocycles. The molecule has 0 aliphatic rings. The molecule has 0 aliphatic heterocycles. The highest BCUT2D eigenvalue weighted by molar-refractivity contribution is 4.87. The first-order valence-corrected chi connectivity index (χ1v) is 3.34. The van der Waals surface area contributed by atoms with Crippen LogP contribution in [0.15, 0.2) is 12.3 Å². The maximum absolute atomic E-state index is 8.55. The maximum Gasteiger partial charge on any atom is 0.0606 e. The van der Waals surface area contributed by atoms with Crippen LogP contribution in [0.25, 0.3) is 0 Å². The van der Waals surface area contributed by atoms with Crippen LogP contribution in [0.4, 0.5) is 0 Å². The highest BCUT2D eigenvalue weighted by Gasteiger charge is 1.99. The van der Waals surface area contributed by atoms with Crippen molar-refractivity contribution >= 4 is 0 Å². The Kier molecular flexibility index (Phi) is 4.98. The number of aliphatic hydroxyl groups excluding tert-OH is 2. The number of allylic oxidation sites excluding steroid dienone is 1. The molecule has 0 spiro atoms. The van der Waals surface area contributed by atoms with E-state index in [9.17, 15) is 0 Å². The minimum Gasteiger partial charge on any atom is -0.395 e. The molecule has 0 aliphatic carbocycles. The van der Waals surface area contributed by atoms with Crippen molar-refractivity contribution in [3.8, 4) is 0 Å². The predicted octanol–water partition coefficient (Wildman–Crippen LogP) is -0.193. The zero-order valence-electron chi connectivity index (χ0n) is 6.38. The van der Waals surface area contributed by atoms with Gasteiger partial charge in [-0.15, -0.1) is 0 Å². The molecule has 0 amide bonds. The summed E-state index contributed by atoms with van der Waals surface area (Å²) in [5, 5.41) is 17.1. The van der Waals surface area contributed by atoms with Crippen molar-refractivity contribution in [2.75, 3.05) is 26.3 Å². The third-order valence-electron chi connectivity index (χ3n) is 1.28. The summed E-state index contributed by atoms with van der Waals surface area (Å²) in [5.74, 6) is 0. The van der Waals surface area contributed by atoms with Crippen molar-refractivity contribution in [3.63, 3.8) is 0 Å². The summed E-state index contributed by atoms with van der Waals surface area (Å²) in [7, 11) is 0. The molecule has 10 heavy (non-hydrogen) atoms. The minimum atomic E-state index is 0.104. The molecule has 0 heterocycles. The first-order chi connectivity index (χ1) is 4.72. The summed E-state index contributed by atoms with van der Waals surface area (Å²) in [6.07, 6.45) is 0. The van der Waals surface area contributed by atoms with Crippen LogP contribution in [0.1, 0.15) is 6.92 Å². The number of nitrogens with zero attached hydrogens (tertiary/aromatic N) is 1. The molecule has 0 aromatic rings. The summed E-state index contributed by atoms with van der Waals surface area (Å²) in [4.78, 5) is 1.83. The fourth-order valence-electron chi connectivity index (χ4n) is 0.735. The Hall–Kier alpha value is -0.540. The zero-order valence-corrected chi connectivity index (χ0v) is 6.38. The normalized spacial score (nSPS) is 9.50. The smallest absolute Gasteiger partial charge is 0.0606 e. The van der Waals surface area contributed by atoms with Gasteiger partial charge in [0, 0.05) is 18.8 Å². The van der Waals surface area contributed by atoms with E-state index in [1.165, 1.54) is 0 Å². The molecule has 0 aromatic carbocycles. The fourth-order valence-corrected chi connectivity index (χ4v) is 0.735.